The van der Waals surface area contributed by atoms with E-state index in [9.17, 15) is 9.59 Å². The summed E-state index contributed by atoms with van der Waals surface area (Å²) < 4.78 is 0. The Bertz CT molecular complexity index is 316. The Morgan fingerprint density at radius 1 is 1.12 bits per heavy atom. The molecule has 4 nitrogen and oxygen atoms in total. The molecule has 2 saturated carbocycles. The van der Waals surface area contributed by atoms with Crippen LogP contribution in [-0.4, -0.2) is 23.0 Å². The molecule has 0 saturated heterocycles. The molecule has 0 bridgehead atoms. The van der Waals surface area contributed by atoms with Crippen molar-refractivity contribution in [1.82, 2.24) is 5.32 Å². The van der Waals surface area contributed by atoms with Crippen molar-refractivity contribution in [3.63, 3.8) is 0 Å². The maximum Gasteiger partial charge on any atom is 0.307 e. The second-order valence-corrected chi connectivity index (χ2v) is 5.52. The lowest BCUT2D eigenvalue weighted by Crippen LogP contribution is -2.40. The zero-order chi connectivity index (χ0) is 12.4. The first kappa shape index (κ1) is 12.4. The summed E-state index contributed by atoms with van der Waals surface area (Å²) in [5.74, 6) is -1.07. The van der Waals surface area contributed by atoms with Crippen molar-refractivity contribution in [2.75, 3.05) is 0 Å². The summed E-state index contributed by atoms with van der Waals surface area (Å²) >= 11 is 0. The maximum atomic E-state index is 11.9. The van der Waals surface area contributed by atoms with Crippen LogP contribution in [0.4, 0.5) is 0 Å². The highest BCUT2D eigenvalue weighted by Gasteiger charge is 2.48. The van der Waals surface area contributed by atoms with Crippen LogP contribution in [0.2, 0.25) is 0 Å². The van der Waals surface area contributed by atoms with E-state index in [-0.39, 0.29) is 17.9 Å². The summed E-state index contributed by atoms with van der Waals surface area (Å²) in [4.78, 5) is 22.6. The minimum atomic E-state index is -0.834. The third-order valence-electron chi connectivity index (χ3n) is 4.13. The summed E-state index contributed by atoms with van der Waals surface area (Å²) in [5.41, 5.74) is 0. The standard InChI is InChI=1S/C13H21NO3/c1-8-5-3-2-4-6-11(8)14-12(15)9-7-10(9)13(16)17/h8-11H,2-7H2,1H3,(H,14,15)(H,16,17). The molecule has 1 amide bonds. The molecule has 0 radical (unpaired) electrons. The molecule has 2 aliphatic carbocycles. The normalized spacial score (nSPS) is 37.0. The molecule has 4 unspecified atom stereocenters. The third kappa shape index (κ3) is 2.99. The van der Waals surface area contributed by atoms with Gasteiger partial charge in [0.25, 0.3) is 0 Å². The van der Waals surface area contributed by atoms with E-state index >= 15 is 0 Å². The predicted octanol–water partition coefficient (Wildman–Crippen LogP) is 1.79. The van der Waals surface area contributed by atoms with E-state index in [4.69, 9.17) is 5.11 Å². The van der Waals surface area contributed by atoms with Crippen molar-refractivity contribution < 1.29 is 14.7 Å². The van der Waals surface area contributed by atoms with Gasteiger partial charge in [-0.25, -0.2) is 0 Å². The van der Waals surface area contributed by atoms with Gasteiger partial charge in [-0.15, -0.1) is 0 Å². The lowest BCUT2D eigenvalue weighted by molar-refractivity contribution is -0.140. The van der Waals surface area contributed by atoms with Crippen molar-refractivity contribution in [1.29, 1.82) is 0 Å². The van der Waals surface area contributed by atoms with Crippen molar-refractivity contribution >= 4 is 11.9 Å². The van der Waals surface area contributed by atoms with E-state index < -0.39 is 11.9 Å². The van der Waals surface area contributed by atoms with Gasteiger partial charge >= 0.3 is 5.97 Å². The van der Waals surface area contributed by atoms with Crippen molar-refractivity contribution in [2.45, 2.75) is 51.5 Å². The molecule has 96 valence electrons. The number of carboxylic acid groups (broad SMARTS) is 1. The highest BCUT2D eigenvalue weighted by atomic mass is 16.4. The van der Waals surface area contributed by atoms with Crippen LogP contribution in [0.25, 0.3) is 0 Å². The van der Waals surface area contributed by atoms with Gasteiger partial charge in [0, 0.05) is 6.04 Å². The van der Waals surface area contributed by atoms with E-state index in [1.165, 1.54) is 19.3 Å². The molecule has 0 heterocycles. The molecule has 0 aliphatic heterocycles. The average Bonchev–Trinajstić information content (AvgIpc) is 3.05. The van der Waals surface area contributed by atoms with E-state index in [1.54, 1.807) is 0 Å². The van der Waals surface area contributed by atoms with Crippen LogP contribution in [0.5, 0.6) is 0 Å². The molecule has 2 fully saturated rings. The highest BCUT2D eigenvalue weighted by Crippen LogP contribution is 2.39. The largest absolute Gasteiger partial charge is 0.481 e. The number of amides is 1. The summed E-state index contributed by atoms with van der Waals surface area (Å²) in [6.45, 7) is 2.18. The summed E-state index contributed by atoms with van der Waals surface area (Å²) in [6, 6.07) is 0.250. The first-order chi connectivity index (χ1) is 8.09. The van der Waals surface area contributed by atoms with Gasteiger partial charge < -0.3 is 10.4 Å². The molecule has 2 N–H and O–H groups in total. The number of carbonyl (C=O) groups is 2. The van der Waals surface area contributed by atoms with Gasteiger partial charge in [0.15, 0.2) is 0 Å². The molecule has 2 aliphatic rings. The van der Waals surface area contributed by atoms with Crippen LogP contribution in [0.15, 0.2) is 0 Å². The van der Waals surface area contributed by atoms with E-state index in [0.717, 1.165) is 12.8 Å². The molecular weight excluding hydrogens is 218 g/mol. The first-order valence-electron chi connectivity index (χ1n) is 6.62. The molecular formula is C13H21NO3. The van der Waals surface area contributed by atoms with Gasteiger partial charge in [0.05, 0.1) is 11.8 Å². The van der Waals surface area contributed by atoms with Crippen molar-refractivity contribution in [3.05, 3.63) is 0 Å². The zero-order valence-corrected chi connectivity index (χ0v) is 10.3. The van der Waals surface area contributed by atoms with Gasteiger partial charge in [-0.3, -0.25) is 9.59 Å². The number of carboxylic acids is 1. The topological polar surface area (TPSA) is 66.4 Å². The molecule has 4 heteroatoms. The van der Waals surface area contributed by atoms with E-state index in [0.29, 0.717) is 12.3 Å². The molecule has 4 atom stereocenters. The molecule has 0 spiro atoms. The first-order valence-corrected chi connectivity index (χ1v) is 6.62. The SMILES string of the molecule is CC1CCCCCC1NC(=O)C1CC1C(=O)O. The van der Waals surface area contributed by atoms with Gasteiger partial charge in [0.2, 0.25) is 5.91 Å². The Kier molecular flexibility index (Phi) is 3.69. The zero-order valence-electron chi connectivity index (χ0n) is 10.3. The minimum absolute atomic E-state index is 0.0452. The lowest BCUT2D eigenvalue weighted by Gasteiger charge is -2.22. The molecule has 17 heavy (non-hydrogen) atoms. The smallest absolute Gasteiger partial charge is 0.307 e. The molecule has 0 aromatic carbocycles. The second kappa shape index (κ2) is 5.07. The van der Waals surface area contributed by atoms with Crippen LogP contribution in [0.3, 0.4) is 0 Å². The second-order valence-electron chi connectivity index (χ2n) is 5.52. The van der Waals surface area contributed by atoms with Gasteiger partial charge in [-0.1, -0.05) is 26.2 Å². The quantitative estimate of drug-likeness (QED) is 0.738. The summed E-state index contributed by atoms with van der Waals surface area (Å²) in [7, 11) is 0. The Labute approximate surface area is 102 Å². The summed E-state index contributed by atoms with van der Waals surface area (Å²) in [6.07, 6.45) is 6.38. The fraction of sp³-hybridized carbons (Fsp3) is 0.846. The predicted molar refractivity (Wildman–Crippen MR) is 63.4 cm³/mol. The Balaban J connectivity index is 1.83. The van der Waals surface area contributed by atoms with E-state index in [2.05, 4.69) is 12.2 Å². The number of hydrogen-bond acceptors (Lipinski definition) is 2. The van der Waals surface area contributed by atoms with Crippen molar-refractivity contribution in [2.24, 2.45) is 17.8 Å². The molecule has 0 aromatic heterocycles. The lowest BCUT2D eigenvalue weighted by atomic mass is 9.97. The van der Waals surface area contributed by atoms with E-state index in [1.807, 2.05) is 0 Å². The number of aliphatic carboxylic acids is 1. The van der Waals surface area contributed by atoms with Crippen LogP contribution in [0.1, 0.15) is 45.4 Å². The van der Waals surface area contributed by atoms with Crippen molar-refractivity contribution in [3.8, 4) is 0 Å². The van der Waals surface area contributed by atoms with Crippen LogP contribution in [0, 0.1) is 17.8 Å². The third-order valence-corrected chi connectivity index (χ3v) is 4.13. The molecule has 2 rings (SSSR count). The number of rotatable bonds is 3. The summed E-state index contributed by atoms with van der Waals surface area (Å²) in [5, 5.41) is 11.8. The van der Waals surface area contributed by atoms with Crippen LogP contribution >= 0.6 is 0 Å². The number of nitrogens with one attached hydrogen (secondary N) is 1. The Hall–Kier alpha value is -1.06. The van der Waals surface area contributed by atoms with Gasteiger partial charge in [-0.05, 0) is 25.2 Å². The van der Waals surface area contributed by atoms with Gasteiger partial charge in [-0.2, -0.15) is 0 Å². The van der Waals surface area contributed by atoms with Gasteiger partial charge in [0.1, 0.15) is 0 Å². The minimum Gasteiger partial charge on any atom is -0.481 e. The maximum absolute atomic E-state index is 11.9. The monoisotopic (exact) mass is 239 g/mol. The number of carbonyl (C=O) groups excluding carboxylic acids is 1. The Morgan fingerprint density at radius 3 is 2.47 bits per heavy atom. The Morgan fingerprint density at radius 2 is 1.82 bits per heavy atom. The number of hydrogen-bond donors (Lipinski definition) is 2. The van der Waals surface area contributed by atoms with Crippen LogP contribution < -0.4 is 5.32 Å². The van der Waals surface area contributed by atoms with Crippen LogP contribution in [-0.2, 0) is 9.59 Å². The molecule has 0 aromatic rings. The highest BCUT2D eigenvalue weighted by molar-refractivity contribution is 5.89. The fourth-order valence-electron chi connectivity index (χ4n) is 2.75. The fourth-order valence-corrected chi connectivity index (χ4v) is 2.75. The average molecular weight is 239 g/mol.